The fourth-order valence-corrected chi connectivity index (χ4v) is 0.625. The van der Waals surface area contributed by atoms with Crippen LogP contribution in [0.5, 0.6) is 0 Å². The summed E-state index contributed by atoms with van der Waals surface area (Å²) >= 11 is 0. The molecule has 1 unspecified atom stereocenters. The Morgan fingerprint density at radius 2 is 1.90 bits per heavy atom. The van der Waals surface area contributed by atoms with E-state index in [4.69, 9.17) is 10.2 Å². The Balaban J connectivity index is 0.000000162. The van der Waals surface area contributed by atoms with Gasteiger partial charge in [-0.05, 0) is 25.9 Å². The average Bonchev–Trinajstić information content (AvgIpc) is 2.43. The van der Waals surface area contributed by atoms with Gasteiger partial charge in [0.15, 0.2) is 0 Å². The van der Waals surface area contributed by atoms with Crippen LogP contribution in [0.25, 0.3) is 0 Å². The fourth-order valence-electron chi connectivity index (χ4n) is 0.625. The van der Waals surface area contributed by atoms with Gasteiger partial charge in [-0.25, -0.2) is 0 Å². The van der Waals surface area contributed by atoms with Crippen molar-refractivity contribution in [1.29, 1.82) is 0 Å². The van der Waals surface area contributed by atoms with Crippen LogP contribution in [0.4, 0.5) is 0 Å². The van der Waals surface area contributed by atoms with Crippen molar-refractivity contribution in [2.24, 2.45) is 5.50 Å². The third kappa shape index (κ3) is 8.23. The Labute approximate surface area is 61.1 Å². The normalized spacial score (nSPS) is 19.5. The SMILES string of the molecule is C1CCNC1.NP(O)O[O-]. The predicted molar refractivity (Wildman–Crippen MR) is 36.5 cm³/mol. The van der Waals surface area contributed by atoms with Crippen molar-refractivity contribution < 1.29 is 14.8 Å². The fraction of sp³-hybridized carbons (Fsp3) is 1.00. The van der Waals surface area contributed by atoms with Crippen LogP contribution < -0.4 is 16.1 Å². The summed E-state index contributed by atoms with van der Waals surface area (Å²) in [4.78, 5) is 7.67. The molecule has 1 fully saturated rings. The highest BCUT2D eigenvalue weighted by atomic mass is 31.2. The van der Waals surface area contributed by atoms with E-state index in [0.29, 0.717) is 0 Å². The van der Waals surface area contributed by atoms with Crippen molar-refractivity contribution in [2.75, 3.05) is 13.1 Å². The van der Waals surface area contributed by atoms with E-state index in [1.807, 2.05) is 0 Å². The molecule has 1 aliphatic rings. The van der Waals surface area contributed by atoms with Crippen LogP contribution in [0.2, 0.25) is 0 Å². The number of nitrogens with one attached hydrogen (secondary N) is 1. The highest BCUT2D eigenvalue weighted by Gasteiger charge is 1.93. The van der Waals surface area contributed by atoms with Gasteiger partial charge in [0.2, 0.25) is 8.53 Å². The molecule has 1 aliphatic heterocycles. The molecule has 4 N–H and O–H groups in total. The van der Waals surface area contributed by atoms with Crippen molar-refractivity contribution in [2.45, 2.75) is 12.8 Å². The van der Waals surface area contributed by atoms with E-state index in [0.717, 1.165) is 0 Å². The standard InChI is InChI=1S/C4H9N.H4NO3P/c1-2-4-5-3-1;1-5(3)4-2/h5H,1-4H2;2-3H,1H2/p-1. The van der Waals surface area contributed by atoms with Crippen molar-refractivity contribution in [3.05, 3.63) is 0 Å². The quantitative estimate of drug-likeness (QED) is 0.260. The summed E-state index contributed by atoms with van der Waals surface area (Å²) in [7, 11) is -2.15. The molecule has 5 nitrogen and oxygen atoms in total. The molecule has 0 amide bonds. The van der Waals surface area contributed by atoms with Crippen LogP contribution in [0, 0.1) is 0 Å². The minimum Gasteiger partial charge on any atom is -0.717 e. The summed E-state index contributed by atoms with van der Waals surface area (Å²) in [5, 5.41) is 12.0. The van der Waals surface area contributed by atoms with E-state index in [2.05, 4.69) is 15.5 Å². The Morgan fingerprint density at radius 3 is 2.00 bits per heavy atom. The maximum atomic E-state index is 8.78. The molecule has 1 saturated heterocycles. The second-order valence-corrected chi connectivity index (χ2v) is 2.59. The molecule has 0 saturated carbocycles. The molecule has 0 aliphatic carbocycles. The lowest BCUT2D eigenvalue weighted by Gasteiger charge is -2.04. The molecule has 0 aromatic heterocycles. The first kappa shape index (κ1) is 10.2. The van der Waals surface area contributed by atoms with Gasteiger partial charge in [0.05, 0.1) is 0 Å². The highest BCUT2D eigenvalue weighted by Crippen LogP contribution is 2.12. The highest BCUT2D eigenvalue weighted by molar-refractivity contribution is 7.43. The van der Waals surface area contributed by atoms with Gasteiger partial charge in [-0.15, -0.1) is 0 Å². The van der Waals surface area contributed by atoms with Gasteiger partial charge >= 0.3 is 0 Å². The Bertz CT molecular complexity index is 61.9. The minimum atomic E-state index is -2.15. The molecule has 0 bridgehead atoms. The van der Waals surface area contributed by atoms with E-state index in [1.165, 1.54) is 25.9 Å². The molecular weight excluding hydrogens is 155 g/mol. The molecule has 0 aromatic rings. The molecule has 1 heterocycles. The van der Waals surface area contributed by atoms with Crippen molar-refractivity contribution in [3.63, 3.8) is 0 Å². The lowest BCUT2D eigenvalue weighted by molar-refractivity contribution is -0.637. The van der Waals surface area contributed by atoms with E-state index in [9.17, 15) is 0 Å². The largest absolute Gasteiger partial charge is 0.717 e. The second-order valence-electron chi connectivity index (χ2n) is 1.83. The number of nitrogens with two attached hydrogens (primary N) is 1. The summed E-state index contributed by atoms with van der Waals surface area (Å²) in [5.74, 6) is 0. The van der Waals surface area contributed by atoms with Gasteiger partial charge in [-0.2, -0.15) is 0 Å². The van der Waals surface area contributed by atoms with Gasteiger partial charge in [-0.3, -0.25) is 5.50 Å². The predicted octanol–water partition coefficient (Wildman–Crippen LogP) is -1.17. The van der Waals surface area contributed by atoms with E-state index < -0.39 is 8.53 Å². The zero-order valence-electron chi connectivity index (χ0n) is 5.62. The minimum absolute atomic E-state index is 1.25. The second kappa shape index (κ2) is 7.34. The molecule has 6 heteroatoms. The zero-order chi connectivity index (χ0) is 7.82. The van der Waals surface area contributed by atoms with E-state index in [1.54, 1.807) is 0 Å². The van der Waals surface area contributed by atoms with E-state index in [-0.39, 0.29) is 0 Å². The smallest absolute Gasteiger partial charge is 0.240 e. The summed E-state index contributed by atoms with van der Waals surface area (Å²) in [6.07, 6.45) is 2.78. The van der Waals surface area contributed by atoms with Crippen LogP contribution in [-0.4, -0.2) is 18.0 Å². The first-order chi connectivity index (χ1) is 4.77. The van der Waals surface area contributed by atoms with Crippen molar-refractivity contribution >= 4 is 8.53 Å². The monoisotopic (exact) mass is 167 g/mol. The molecule has 0 radical (unpaired) electrons. The van der Waals surface area contributed by atoms with Gasteiger partial charge in [0.25, 0.3) is 0 Å². The molecule has 62 valence electrons. The summed E-state index contributed by atoms with van der Waals surface area (Å²) in [6.45, 7) is 2.50. The van der Waals surface area contributed by atoms with Gasteiger partial charge in [0.1, 0.15) is 0 Å². The first-order valence-corrected chi connectivity index (χ1v) is 4.30. The first-order valence-electron chi connectivity index (χ1n) is 3.01. The third-order valence-electron chi connectivity index (χ3n) is 1.03. The van der Waals surface area contributed by atoms with Crippen molar-refractivity contribution in [3.8, 4) is 0 Å². The Morgan fingerprint density at radius 1 is 1.50 bits per heavy atom. The van der Waals surface area contributed by atoms with Crippen LogP contribution >= 0.6 is 8.53 Å². The lowest BCUT2D eigenvalue weighted by atomic mass is 10.4. The maximum absolute atomic E-state index is 8.78. The molecule has 1 atom stereocenters. The van der Waals surface area contributed by atoms with Crippen LogP contribution in [-0.2, 0) is 4.67 Å². The summed E-state index contributed by atoms with van der Waals surface area (Å²) in [5.41, 5.74) is 4.38. The molecule has 0 spiro atoms. The molecule has 10 heavy (non-hydrogen) atoms. The summed E-state index contributed by atoms with van der Waals surface area (Å²) < 4.78 is 2.90. The van der Waals surface area contributed by atoms with Crippen LogP contribution in [0.1, 0.15) is 12.8 Å². The number of hydrogen-bond donors (Lipinski definition) is 3. The maximum Gasteiger partial charge on any atom is 0.240 e. The summed E-state index contributed by atoms with van der Waals surface area (Å²) in [6, 6.07) is 0. The van der Waals surface area contributed by atoms with Crippen LogP contribution in [0.15, 0.2) is 0 Å². The van der Waals surface area contributed by atoms with E-state index >= 15 is 0 Å². The van der Waals surface area contributed by atoms with Crippen molar-refractivity contribution in [1.82, 2.24) is 5.32 Å². The van der Waals surface area contributed by atoms with Gasteiger partial charge < -0.3 is 20.1 Å². The molecular formula is C4H12N2O3P-. The zero-order valence-corrected chi connectivity index (χ0v) is 6.51. The third-order valence-corrected chi connectivity index (χ3v) is 1.19. The van der Waals surface area contributed by atoms with Gasteiger partial charge in [-0.1, -0.05) is 0 Å². The van der Waals surface area contributed by atoms with Gasteiger partial charge in [0, 0.05) is 0 Å². The Kier molecular flexibility index (Phi) is 7.51. The lowest BCUT2D eigenvalue weighted by Crippen LogP contribution is -2.03. The topological polar surface area (TPSA) is 90.6 Å². The number of hydrogen-bond acceptors (Lipinski definition) is 5. The van der Waals surface area contributed by atoms with Crippen LogP contribution in [0.3, 0.4) is 0 Å². The number of rotatable bonds is 1. The Hall–Kier alpha value is 0.230. The molecule has 1 rings (SSSR count). The molecule has 0 aromatic carbocycles. The average molecular weight is 167 g/mol.